The van der Waals surface area contributed by atoms with Gasteiger partial charge in [-0.15, -0.1) is 0 Å². The molecule has 0 radical (unpaired) electrons. The lowest BCUT2D eigenvalue weighted by Gasteiger charge is -2.40. The minimum absolute atomic E-state index is 0.0329. The minimum atomic E-state index is -0.541. The van der Waals surface area contributed by atoms with E-state index in [9.17, 15) is 9.18 Å². The molecule has 2 fully saturated rings. The molecule has 1 amide bonds. The van der Waals surface area contributed by atoms with E-state index in [4.69, 9.17) is 21.1 Å². The Balaban J connectivity index is 1.27. The zero-order valence-corrected chi connectivity index (χ0v) is 22.4. The summed E-state index contributed by atoms with van der Waals surface area (Å²) in [6.07, 6.45) is 7.30. The summed E-state index contributed by atoms with van der Waals surface area (Å²) in [4.78, 5) is 23.2. The first kappa shape index (κ1) is 26.4. The maximum atomic E-state index is 14.5. The molecule has 0 atom stereocenters. The molecule has 2 heterocycles. The Morgan fingerprint density at radius 3 is 2.55 bits per heavy atom. The highest BCUT2D eigenvalue weighted by Gasteiger charge is 2.31. The maximum Gasteiger partial charge on any atom is 0.222 e. The normalized spacial score (nSPS) is 20.7. The second-order valence-corrected chi connectivity index (χ2v) is 10.3. The van der Waals surface area contributed by atoms with Crippen molar-refractivity contribution in [2.75, 3.05) is 32.6 Å². The monoisotopic (exact) mass is 541 g/mol. The number of methoxy groups -OCH3 is 1. The van der Waals surface area contributed by atoms with E-state index in [-0.39, 0.29) is 28.6 Å². The minimum Gasteiger partial charge on any atom is -0.493 e. The van der Waals surface area contributed by atoms with E-state index in [1.54, 1.807) is 26.3 Å². The van der Waals surface area contributed by atoms with Gasteiger partial charge in [0.1, 0.15) is 12.1 Å². The molecule has 1 saturated heterocycles. The van der Waals surface area contributed by atoms with Crippen LogP contribution in [0.25, 0.3) is 10.9 Å². The van der Waals surface area contributed by atoms with E-state index in [0.29, 0.717) is 34.3 Å². The fourth-order valence-corrected chi connectivity index (χ4v) is 5.76. The lowest BCUT2D eigenvalue weighted by Crippen LogP contribution is -2.46. The van der Waals surface area contributed by atoms with Crippen molar-refractivity contribution >= 4 is 39.9 Å². The topological polar surface area (TPSA) is 88.6 Å². The Labute approximate surface area is 226 Å². The number of hydrogen-bond acceptors (Lipinski definition) is 7. The molecule has 1 aromatic heterocycles. The molecule has 2 aliphatic rings. The van der Waals surface area contributed by atoms with Gasteiger partial charge in [0, 0.05) is 30.5 Å². The summed E-state index contributed by atoms with van der Waals surface area (Å²) in [5.41, 5.74) is 0.881. The van der Waals surface area contributed by atoms with Gasteiger partial charge in [-0.25, -0.2) is 14.4 Å². The number of aromatic nitrogens is 2. The molecule has 38 heavy (non-hydrogen) atoms. The van der Waals surface area contributed by atoms with Crippen LogP contribution >= 0.6 is 11.6 Å². The molecule has 3 aromatic rings. The first-order valence-corrected chi connectivity index (χ1v) is 13.5. The number of rotatable bonds is 7. The predicted octanol–water partition coefficient (Wildman–Crippen LogP) is 5.32. The predicted molar refractivity (Wildman–Crippen MR) is 146 cm³/mol. The number of halogens is 2. The smallest absolute Gasteiger partial charge is 0.222 e. The van der Waals surface area contributed by atoms with Crippen molar-refractivity contribution in [1.29, 1.82) is 0 Å². The van der Waals surface area contributed by atoms with Crippen LogP contribution in [0.2, 0.25) is 5.02 Å². The van der Waals surface area contributed by atoms with Gasteiger partial charge in [0.05, 0.1) is 29.4 Å². The summed E-state index contributed by atoms with van der Waals surface area (Å²) in [5.74, 6) is 1.41. The molecule has 0 spiro atoms. The van der Waals surface area contributed by atoms with Crippen molar-refractivity contribution in [2.24, 2.45) is 5.92 Å². The van der Waals surface area contributed by atoms with Crippen molar-refractivity contribution in [3.05, 3.63) is 47.5 Å². The van der Waals surface area contributed by atoms with E-state index < -0.39 is 5.82 Å². The molecule has 1 aliphatic heterocycles. The van der Waals surface area contributed by atoms with Gasteiger partial charge in [0.2, 0.25) is 5.91 Å². The first-order chi connectivity index (χ1) is 18.5. The Bertz CT molecular complexity index is 1290. The van der Waals surface area contributed by atoms with Crippen LogP contribution in [-0.4, -0.2) is 60.2 Å². The zero-order chi connectivity index (χ0) is 26.6. The largest absolute Gasteiger partial charge is 0.493 e. The Morgan fingerprint density at radius 2 is 1.84 bits per heavy atom. The summed E-state index contributed by atoms with van der Waals surface area (Å²) < 4.78 is 26.6. The summed E-state index contributed by atoms with van der Waals surface area (Å²) in [7, 11) is 3.32. The Kier molecular flexibility index (Phi) is 8.14. The number of nitrogens with zero attached hydrogens (tertiary/aromatic N) is 3. The van der Waals surface area contributed by atoms with E-state index >= 15 is 0 Å². The highest BCUT2D eigenvalue weighted by atomic mass is 35.5. The Hall–Kier alpha value is -3.17. The van der Waals surface area contributed by atoms with Gasteiger partial charge in [-0.1, -0.05) is 17.7 Å². The number of fused-ring (bicyclic) bond motifs is 1. The number of ether oxygens (including phenoxy) is 2. The number of hydrogen-bond donors (Lipinski definition) is 2. The summed E-state index contributed by atoms with van der Waals surface area (Å²) in [5, 5.41) is 6.55. The summed E-state index contributed by atoms with van der Waals surface area (Å²) in [6, 6.07) is 8.97. The van der Waals surface area contributed by atoms with Gasteiger partial charge in [0.15, 0.2) is 17.3 Å². The zero-order valence-electron chi connectivity index (χ0n) is 21.7. The Morgan fingerprint density at radius 1 is 1.08 bits per heavy atom. The number of carbonyl (C=O) groups is 1. The second kappa shape index (κ2) is 11.7. The van der Waals surface area contributed by atoms with Crippen LogP contribution in [0.15, 0.2) is 36.7 Å². The number of benzene rings is 2. The molecule has 2 N–H and O–H groups in total. The van der Waals surface area contributed by atoms with E-state index in [2.05, 4.69) is 25.5 Å². The van der Waals surface area contributed by atoms with Gasteiger partial charge < -0.3 is 25.0 Å². The van der Waals surface area contributed by atoms with Gasteiger partial charge in [-0.3, -0.25) is 4.79 Å². The number of amides is 1. The summed E-state index contributed by atoms with van der Waals surface area (Å²) >= 11 is 5.95. The van der Waals surface area contributed by atoms with Gasteiger partial charge in [-0.2, -0.15) is 0 Å². The molecule has 8 nitrogen and oxygen atoms in total. The molecule has 10 heteroatoms. The van der Waals surface area contributed by atoms with E-state index in [1.165, 1.54) is 12.4 Å². The fraction of sp³-hybridized carbons (Fsp3) is 0.464. The quantitative estimate of drug-likeness (QED) is 0.418. The van der Waals surface area contributed by atoms with Crippen LogP contribution in [0.4, 0.5) is 15.9 Å². The average molecular weight is 542 g/mol. The molecule has 5 rings (SSSR count). The number of piperidine rings is 1. The molecular formula is C28H33ClFN5O3. The maximum absolute atomic E-state index is 14.5. The van der Waals surface area contributed by atoms with Crippen molar-refractivity contribution in [3.63, 3.8) is 0 Å². The lowest BCUT2D eigenvalue weighted by atomic mass is 9.88. The van der Waals surface area contributed by atoms with Crippen LogP contribution in [-0.2, 0) is 4.79 Å². The highest BCUT2D eigenvalue weighted by Crippen LogP contribution is 2.38. The van der Waals surface area contributed by atoms with Crippen LogP contribution in [0.5, 0.6) is 11.5 Å². The van der Waals surface area contributed by atoms with Crippen molar-refractivity contribution < 1.29 is 18.7 Å². The fourth-order valence-electron chi connectivity index (χ4n) is 5.58. The van der Waals surface area contributed by atoms with Crippen LogP contribution in [0.1, 0.15) is 38.5 Å². The van der Waals surface area contributed by atoms with Gasteiger partial charge >= 0.3 is 0 Å². The van der Waals surface area contributed by atoms with Crippen molar-refractivity contribution in [2.45, 2.75) is 50.7 Å². The summed E-state index contributed by atoms with van der Waals surface area (Å²) in [6.45, 7) is 1.94. The number of anilines is 2. The molecule has 1 aliphatic carbocycles. The van der Waals surface area contributed by atoms with Gasteiger partial charge in [-0.05, 0) is 69.8 Å². The van der Waals surface area contributed by atoms with Crippen molar-refractivity contribution in [3.8, 4) is 11.5 Å². The average Bonchev–Trinajstić information content (AvgIpc) is 2.95. The van der Waals surface area contributed by atoms with Crippen molar-refractivity contribution in [1.82, 2.24) is 20.2 Å². The molecule has 0 unspecified atom stereocenters. The van der Waals surface area contributed by atoms with Crippen LogP contribution in [0.3, 0.4) is 0 Å². The number of likely N-dealkylation sites (tertiary alicyclic amines) is 1. The third-order valence-electron chi connectivity index (χ3n) is 7.73. The first-order valence-electron chi connectivity index (χ1n) is 13.1. The molecule has 1 saturated carbocycles. The third-order valence-corrected chi connectivity index (χ3v) is 8.02. The molecule has 2 aromatic carbocycles. The number of carbonyl (C=O) groups excluding carboxylic acids is 1. The van der Waals surface area contributed by atoms with E-state index in [0.717, 1.165) is 51.6 Å². The lowest BCUT2D eigenvalue weighted by molar-refractivity contribution is -0.126. The second-order valence-electron chi connectivity index (χ2n) is 9.94. The third kappa shape index (κ3) is 5.63. The van der Waals surface area contributed by atoms with Crippen LogP contribution < -0.4 is 20.1 Å². The molecular weight excluding hydrogens is 509 g/mol. The highest BCUT2D eigenvalue weighted by molar-refractivity contribution is 6.31. The van der Waals surface area contributed by atoms with E-state index in [1.807, 2.05) is 12.1 Å². The number of nitrogens with one attached hydrogen (secondary N) is 2. The van der Waals surface area contributed by atoms with Gasteiger partial charge in [0.25, 0.3) is 0 Å². The standard InChI is InChI=1S/C28H33ClFN5O3/c1-31-28(36)17-10-12-35(13-11-17)18-6-8-19(9-7-18)38-25-14-20-23(15-24(25)37-2)32-16-33-27(20)34-22-5-3-4-21(29)26(22)30/h3-5,14-19H,6-13H2,1-2H3,(H,31,36)(H,32,33,34)/t18-,19-. The molecule has 0 bridgehead atoms. The van der Waals surface area contributed by atoms with Crippen LogP contribution in [0, 0.1) is 11.7 Å². The SMILES string of the molecule is CNC(=O)C1CCN([C@H]2CC[C@H](Oc3cc4c(Nc5cccc(Cl)c5F)ncnc4cc3OC)CC2)CC1. The molecule has 202 valence electrons.